The minimum absolute atomic E-state index is 0. The number of rotatable bonds is 7. The Bertz CT molecular complexity index is 205. The molecule has 0 spiro atoms. The SMILES string of the molecule is CCN[C@@H](CCCNC(N)=O)C(=O)O.Cl.Cl. The van der Waals surface area contributed by atoms with Crippen LogP contribution in [-0.4, -0.2) is 36.2 Å². The predicted octanol–water partition coefficient (Wildman–Crippen LogP) is 0.341. The van der Waals surface area contributed by atoms with Gasteiger partial charge in [0.25, 0.3) is 0 Å². The molecule has 0 rings (SSSR count). The molecular formula is C8H19Cl2N3O3. The lowest BCUT2D eigenvalue weighted by molar-refractivity contribution is -0.139. The molecule has 5 N–H and O–H groups in total. The molecule has 0 aromatic heterocycles. The summed E-state index contributed by atoms with van der Waals surface area (Å²) >= 11 is 0. The molecule has 0 aliphatic carbocycles. The van der Waals surface area contributed by atoms with Crippen LogP contribution in [0.4, 0.5) is 4.79 Å². The molecule has 0 unspecified atom stereocenters. The number of primary amides is 1. The summed E-state index contributed by atoms with van der Waals surface area (Å²) in [7, 11) is 0. The number of amides is 2. The van der Waals surface area contributed by atoms with E-state index in [-0.39, 0.29) is 24.8 Å². The van der Waals surface area contributed by atoms with E-state index < -0.39 is 18.0 Å². The van der Waals surface area contributed by atoms with Gasteiger partial charge < -0.3 is 21.5 Å². The lowest BCUT2D eigenvalue weighted by atomic mass is 10.1. The summed E-state index contributed by atoms with van der Waals surface area (Å²) in [5.74, 6) is -0.870. The second-order valence-corrected chi connectivity index (χ2v) is 2.88. The van der Waals surface area contributed by atoms with E-state index in [1.165, 1.54) is 0 Å². The summed E-state index contributed by atoms with van der Waals surface area (Å²) < 4.78 is 0. The first-order valence-electron chi connectivity index (χ1n) is 4.57. The second kappa shape index (κ2) is 12.4. The maximum absolute atomic E-state index is 10.6. The van der Waals surface area contributed by atoms with Crippen molar-refractivity contribution in [2.45, 2.75) is 25.8 Å². The van der Waals surface area contributed by atoms with Crippen molar-refractivity contribution in [3.05, 3.63) is 0 Å². The van der Waals surface area contributed by atoms with Gasteiger partial charge in [0.2, 0.25) is 0 Å². The number of hydrogen-bond donors (Lipinski definition) is 4. The van der Waals surface area contributed by atoms with Crippen molar-refractivity contribution >= 4 is 36.8 Å². The number of nitrogens with one attached hydrogen (secondary N) is 2. The lowest BCUT2D eigenvalue weighted by Gasteiger charge is -2.12. The van der Waals surface area contributed by atoms with E-state index >= 15 is 0 Å². The molecule has 8 heteroatoms. The van der Waals surface area contributed by atoms with Gasteiger partial charge in [0.05, 0.1) is 0 Å². The number of carbonyl (C=O) groups is 2. The molecular weight excluding hydrogens is 257 g/mol. The predicted molar refractivity (Wildman–Crippen MR) is 66.4 cm³/mol. The molecule has 0 radical (unpaired) electrons. The molecule has 0 bridgehead atoms. The fourth-order valence-electron chi connectivity index (χ4n) is 1.08. The van der Waals surface area contributed by atoms with Crippen molar-refractivity contribution in [1.82, 2.24) is 10.6 Å². The lowest BCUT2D eigenvalue weighted by Crippen LogP contribution is -2.37. The quantitative estimate of drug-likeness (QED) is 0.503. The average molecular weight is 276 g/mol. The van der Waals surface area contributed by atoms with Crippen LogP contribution in [-0.2, 0) is 4.79 Å². The molecule has 98 valence electrons. The topological polar surface area (TPSA) is 104 Å². The molecule has 0 aromatic carbocycles. The van der Waals surface area contributed by atoms with Gasteiger partial charge in [-0.1, -0.05) is 6.92 Å². The fraction of sp³-hybridized carbons (Fsp3) is 0.750. The first-order valence-corrected chi connectivity index (χ1v) is 4.57. The van der Waals surface area contributed by atoms with Gasteiger partial charge in [-0.15, -0.1) is 24.8 Å². The zero-order valence-electron chi connectivity index (χ0n) is 9.06. The molecule has 0 saturated carbocycles. The Labute approximate surface area is 107 Å². The highest BCUT2D eigenvalue weighted by Gasteiger charge is 2.14. The van der Waals surface area contributed by atoms with Crippen LogP contribution in [0.3, 0.4) is 0 Å². The fourth-order valence-corrected chi connectivity index (χ4v) is 1.08. The van der Waals surface area contributed by atoms with Crippen LogP contribution in [0, 0.1) is 0 Å². The standard InChI is InChI=1S/C8H17N3O3.2ClH/c1-2-10-6(7(12)13)4-3-5-11-8(9)14;;/h6,10H,2-5H2,1H3,(H,12,13)(H3,9,11,14);2*1H/t6-;;/m0../s1. The Morgan fingerprint density at radius 2 is 1.94 bits per heavy atom. The maximum atomic E-state index is 10.6. The molecule has 16 heavy (non-hydrogen) atoms. The molecule has 0 saturated heterocycles. The Morgan fingerprint density at radius 1 is 1.38 bits per heavy atom. The summed E-state index contributed by atoms with van der Waals surface area (Å²) in [6.07, 6.45) is 1.07. The van der Waals surface area contributed by atoms with E-state index in [1.807, 2.05) is 6.92 Å². The maximum Gasteiger partial charge on any atom is 0.320 e. The largest absolute Gasteiger partial charge is 0.480 e. The smallest absolute Gasteiger partial charge is 0.320 e. The summed E-state index contributed by atoms with van der Waals surface area (Å²) in [6.45, 7) is 2.86. The molecule has 2 amide bonds. The van der Waals surface area contributed by atoms with E-state index in [1.54, 1.807) is 0 Å². The highest BCUT2D eigenvalue weighted by Crippen LogP contribution is 1.96. The Kier molecular flexibility index (Phi) is 15.9. The van der Waals surface area contributed by atoms with Crippen molar-refractivity contribution in [2.75, 3.05) is 13.1 Å². The van der Waals surface area contributed by atoms with Crippen LogP contribution in [0.25, 0.3) is 0 Å². The normalized spacial score (nSPS) is 10.6. The zero-order chi connectivity index (χ0) is 11.0. The highest BCUT2D eigenvalue weighted by atomic mass is 35.5. The van der Waals surface area contributed by atoms with Crippen LogP contribution < -0.4 is 16.4 Å². The third-order valence-electron chi connectivity index (χ3n) is 1.72. The first kappa shape index (κ1) is 20.7. The number of likely N-dealkylation sites (N-methyl/N-ethyl adjacent to an activating group) is 1. The molecule has 0 aliphatic heterocycles. The van der Waals surface area contributed by atoms with Gasteiger partial charge in [-0.05, 0) is 19.4 Å². The van der Waals surface area contributed by atoms with E-state index in [0.717, 1.165) is 0 Å². The Morgan fingerprint density at radius 3 is 2.31 bits per heavy atom. The van der Waals surface area contributed by atoms with Gasteiger partial charge in [-0.3, -0.25) is 4.79 Å². The minimum atomic E-state index is -0.870. The summed E-state index contributed by atoms with van der Waals surface area (Å²) in [6, 6.07) is -1.13. The molecule has 1 atom stereocenters. The number of hydrogen-bond acceptors (Lipinski definition) is 3. The number of halogens is 2. The number of carboxylic acids is 1. The number of nitrogens with two attached hydrogens (primary N) is 1. The van der Waals surface area contributed by atoms with Crippen molar-refractivity contribution in [1.29, 1.82) is 0 Å². The van der Waals surface area contributed by atoms with E-state index in [2.05, 4.69) is 10.6 Å². The van der Waals surface area contributed by atoms with Crippen LogP contribution >= 0.6 is 24.8 Å². The van der Waals surface area contributed by atoms with Gasteiger partial charge in [0.1, 0.15) is 6.04 Å². The van der Waals surface area contributed by atoms with Crippen LogP contribution in [0.1, 0.15) is 19.8 Å². The van der Waals surface area contributed by atoms with Crippen molar-refractivity contribution in [3.8, 4) is 0 Å². The molecule has 6 nitrogen and oxygen atoms in total. The van der Waals surface area contributed by atoms with Crippen LogP contribution in [0.5, 0.6) is 0 Å². The Balaban J connectivity index is -0.000000845. The third-order valence-corrected chi connectivity index (χ3v) is 1.72. The second-order valence-electron chi connectivity index (χ2n) is 2.88. The van der Waals surface area contributed by atoms with Crippen LogP contribution in [0.15, 0.2) is 0 Å². The molecule has 0 heterocycles. The first-order chi connectivity index (χ1) is 6.57. The van der Waals surface area contributed by atoms with Crippen molar-refractivity contribution in [2.24, 2.45) is 5.73 Å². The highest BCUT2D eigenvalue weighted by molar-refractivity contribution is 5.85. The van der Waals surface area contributed by atoms with Gasteiger partial charge in [0, 0.05) is 6.54 Å². The van der Waals surface area contributed by atoms with E-state index in [9.17, 15) is 9.59 Å². The molecule has 0 fully saturated rings. The van der Waals surface area contributed by atoms with Gasteiger partial charge >= 0.3 is 12.0 Å². The van der Waals surface area contributed by atoms with Gasteiger partial charge in [-0.2, -0.15) is 0 Å². The average Bonchev–Trinajstić information content (AvgIpc) is 2.09. The monoisotopic (exact) mass is 275 g/mol. The van der Waals surface area contributed by atoms with Crippen molar-refractivity contribution < 1.29 is 14.7 Å². The summed E-state index contributed by atoms with van der Waals surface area (Å²) in [5.41, 5.74) is 4.85. The number of aliphatic carboxylic acids is 1. The van der Waals surface area contributed by atoms with Gasteiger partial charge in [-0.25, -0.2) is 4.79 Å². The van der Waals surface area contributed by atoms with Crippen LogP contribution in [0.2, 0.25) is 0 Å². The van der Waals surface area contributed by atoms with Gasteiger partial charge in [0.15, 0.2) is 0 Å². The number of carboxylic acid groups (broad SMARTS) is 1. The zero-order valence-corrected chi connectivity index (χ0v) is 10.7. The Hall–Kier alpha value is -0.720. The number of urea groups is 1. The summed E-state index contributed by atoms with van der Waals surface area (Å²) in [4.78, 5) is 20.9. The summed E-state index contributed by atoms with van der Waals surface area (Å²) in [5, 5.41) is 14.0. The number of carbonyl (C=O) groups excluding carboxylic acids is 1. The van der Waals surface area contributed by atoms with Crippen molar-refractivity contribution in [3.63, 3.8) is 0 Å². The molecule has 0 aliphatic rings. The minimum Gasteiger partial charge on any atom is -0.480 e. The van der Waals surface area contributed by atoms with E-state index in [0.29, 0.717) is 25.9 Å². The van der Waals surface area contributed by atoms with E-state index in [4.69, 9.17) is 10.8 Å². The molecule has 0 aromatic rings. The third kappa shape index (κ3) is 11.4.